The summed E-state index contributed by atoms with van der Waals surface area (Å²) in [6, 6.07) is 13.2. The van der Waals surface area contributed by atoms with Gasteiger partial charge in [0.15, 0.2) is 6.10 Å². The van der Waals surface area contributed by atoms with Crippen LogP contribution in [0, 0.1) is 5.82 Å². The van der Waals surface area contributed by atoms with E-state index < -0.39 is 12.1 Å². The number of carbonyl (C=O) groups is 2. The number of rotatable bonds is 7. The van der Waals surface area contributed by atoms with E-state index in [4.69, 9.17) is 4.74 Å². The first-order valence-corrected chi connectivity index (χ1v) is 9.10. The molecule has 1 atom stereocenters. The molecule has 2 aromatic carbocycles. The van der Waals surface area contributed by atoms with Crippen LogP contribution in [-0.2, 0) is 16.0 Å². The first-order valence-electron chi connectivity index (χ1n) is 7.87. The molecule has 0 saturated carbocycles. The summed E-state index contributed by atoms with van der Waals surface area (Å²) in [4.78, 5) is 25.1. The van der Waals surface area contributed by atoms with Gasteiger partial charge in [0.2, 0.25) is 0 Å². The van der Waals surface area contributed by atoms with Crippen molar-refractivity contribution in [2.75, 3.05) is 12.8 Å². The Balaban J connectivity index is 1.83. The molecule has 0 aromatic heterocycles. The number of nitrogens with one attached hydrogen (secondary N) is 1. The van der Waals surface area contributed by atoms with Crippen molar-refractivity contribution in [1.29, 1.82) is 0 Å². The zero-order chi connectivity index (χ0) is 18.2. The molecule has 4 nitrogen and oxygen atoms in total. The molecule has 0 bridgehead atoms. The van der Waals surface area contributed by atoms with Crippen molar-refractivity contribution in [2.24, 2.45) is 0 Å². The van der Waals surface area contributed by atoms with E-state index in [-0.39, 0.29) is 11.7 Å². The molecular weight excluding hydrogens is 341 g/mol. The van der Waals surface area contributed by atoms with Gasteiger partial charge in [-0.25, -0.2) is 9.18 Å². The smallest absolute Gasteiger partial charge is 0.340 e. The van der Waals surface area contributed by atoms with Crippen molar-refractivity contribution in [3.05, 3.63) is 65.5 Å². The Bertz CT molecular complexity index is 734. The minimum atomic E-state index is -0.893. The van der Waals surface area contributed by atoms with Crippen molar-refractivity contribution in [1.82, 2.24) is 5.32 Å². The van der Waals surface area contributed by atoms with Gasteiger partial charge in [-0.2, -0.15) is 0 Å². The Morgan fingerprint density at radius 3 is 2.52 bits per heavy atom. The van der Waals surface area contributed by atoms with E-state index in [1.54, 1.807) is 24.3 Å². The van der Waals surface area contributed by atoms with Gasteiger partial charge in [0.05, 0.1) is 5.56 Å². The van der Waals surface area contributed by atoms with E-state index in [0.29, 0.717) is 18.5 Å². The van der Waals surface area contributed by atoms with Crippen LogP contribution >= 0.6 is 11.8 Å². The predicted octanol–water partition coefficient (Wildman–Crippen LogP) is 3.45. The maximum absolute atomic E-state index is 12.8. The summed E-state index contributed by atoms with van der Waals surface area (Å²) in [5.41, 5.74) is 1.36. The fourth-order valence-corrected chi connectivity index (χ4v) is 2.80. The minimum Gasteiger partial charge on any atom is -0.449 e. The van der Waals surface area contributed by atoms with Crippen molar-refractivity contribution >= 4 is 23.6 Å². The lowest BCUT2D eigenvalue weighted by atomic mass is 10.1. The second-order valence-corrected chi connectivity index (χ2v) is 6.26. The van der Waals surface area contributed by atoms with Gasteiger partial charge in [-0.3, -0.25) is 4.79 Å². The summed E-state index contributed by atoms with van der Waals surface area (Å²) in [7, 11) is 0. The zero-order valence-corrected chi connectivity index (χ0v) is 14.9. The van der Waals surface area contributed by atoms with Gasteiger partial charge < -0.3 is 10.1 Å². The Morgan fingerprint density at radius 1 is 1.16 bits per heavy atom. The van der Waals surface area contributed by atoms with Gasteiger partial charge in [0.1, 0.15) is 5.82 Å². The summed E-state index contributed by atoms with van der Waals surface area (Å²) in [5, 5.41) is 2.72. The molecule has 1 amide bonds. The molecule has 0 heterocycles. The standard InChI is InChI=1S/C19H20FNO3S/c1-13(24-19(23)16-5-3-4-6-17(16)25-2)18(22)21-12-11-14-7-9-15(20)10-8-14/h3-10,13H,11-12H2,1-2H3,(H,21,22)/t13-/m1/s1. The monoisotopic (exact) mass is 361 g/mol. The third kappa shape index (κ3) is 5.60. The van der Waals surface area contributed by atoms with Crippen LogP contribution in [0.25, 0.3) is 0 Å². The number of halogens is 1. The highest BCUT2D eigenvalue weighted by molar-refractivity contribution is 7.98. The van der Waals surface area contributed by atoms with Crippen LogP contribution in [0.5, 0.6) is 0 Å². The van der Waals surface area contributed by atoms with Gasteiger partial charge in [-0.05, 0) is 49.4 Å². The van der Waals surface area contributed by atoms with Crippen molar-refractivity contribution in [2.45, 2.75) is 24.3 Å². The fraction of sp³-hybridized carbons (Fsp3) is 0.263. The lowest BCUT2D eigenvalue weighted by Gasteiger charge is -2.14. The summed E-state index contributed by atoms with van der Waals surface area (Å²) in [5.74, 6) is -1.18. The third-order valence-corrected chi connectivity index (χ3v) is 4.40. The lowest BCUT2D eigenvalue weighted by Crippen LogP contribution is -2.37. The molecule has 0 aliphatic carbocycles. The maximum Gasteiger partial charge on any atom is 0.340 e. The molecule has 132 valence electrons. The SMILES string of the molecule is CSc1ccccc1C(=O)O[C@H](C)C(=O)NCCc1ccc(F)cc1. The number of esters is 1. The van der Waals surface area contributed by atoms with Crippen LogP contribution in [0.4, 0.5) is 4.39 Å². The topological polar surface area (TPSA) is 55.4 Å². The van der Waals surface area contributed by atoms with Crippen LogP contribution in [0.2, 0.25) is 0 Å². The highest BCUT2D eigenvalue weighted by Gasteiger charge is 2.20. The number of thioether (sulfide) groups is 1. The van der Waals surface area contributed by atoms with Crippen molar-refractivity contribution in [3.8, 4) is 0 Å². The Morgan fingerprint density at radius 2 is 1.84 bits per heavy atom. The molecule has 2 rings (SSSR count). The van der Waals surface area contributed by atoms with Crippen LogP contribution in [0.1, 0.15) is 22.8 Å². The van der Waals surface area contributed by atoms with Crippen molar-refractivity contribution in [3.63, 3.8) is 0 Å². The van der Waals surface area contributed by atoms with Crippen LogP contribution in [-0.4, -0.2) is 30.8 Å². The first kappa shape index (κ1) is 19.0. The van der Waals surface area contributed by atoms with Gasteiger partial charge in [-0.15, -0.1) is 11.8 Å². The van der Waals surface area contributed by atoms with Crippen molar-refractivity contribution < 1.29 is 18.7 Å². The Labute approximate surface area is 150 Å². The van der Waals surface area contributed by atoms with E-state index in [9.17, 15) is 14.0 Å². The molecule has 0 unspecified atom stereocenters. The van der Waals surface area contributed by atoms with Crippen LogP contribution in [0.3, 0.4) is 0 Å². The van der Waals surface area contributed by atoms with E-state index in [2.05, 4.69) is 5.32 Å². The molecule has 0 saturated heterocycles. The Hall–Kier alpha value is -2.34. The summed E-state index contributed by atoms with van der Waals surface area (Å²) in [6.45, 7) is 1.92. The fourth-order valence-electron chi connectivity index (χ4n) is 2.22. The molecule has 0 radical (unpaired) electrons. The number of benzene rings is 2. The summed E-state index contributed by atoms with van der Waals surface area (Å²) >= 11 is 1.44. The molecule has 0 spiro atoms. The number of amides is 1. The summed E-state index contributed by atoms with van der Waals surface area (Å²) < 4.78 is 18.1. The first-order chi connectivity index (χ1) is 12.0. The average molecular weight is 361 g/mol. The number of ether oxygens (including phenoxy) is 1. The van der Waals surface area contributed by atoms with Gasteiger partial charge >= 0.3 is 5.97 Å². The highest BCUT2D eigenvalue weighted by atomic mass is 32.2. The molecule has 6 heteroatoms. The number of carbonyl (C=O) groups excluding carboxylic acids is 2. The molecule has 2 aromatic rings. The average Bonchev–Trinajstić information content (AvgIpc) is 2.63. The second kappa shape index (κ2) is 9.22. The van der Waals surface area contributed by atoms with Gasteiger partial charge in [-0.1, -0.05) is 24.3 Å². The van der Waals surface area contributed by atoms with Gasteiger partial charge in [0, 0.05) is 11.4 Å². The Kier molecular flexibility index (Phi) is 7.01. The van der Waals surface area contributed by atoms with E-state index in [0.717, 1.165) is 10.5 Å². The normalized spacial score (nSPS) is 11.6. The molecule has 0 aliphatic rings. The molecular formula is C19H20FNO3S. The highest BCUT2D eigenvalue weighted by Crippen LogP contribution is 2.21. The quantitative estimate of drug-likeness (QED) is 0.606. The molecule has 0 fully saturated rings. The minimum absolute atomic E-state index is 0.293. The number of hydrogen-bond donors (Lipinski definition) is 1. The van der Waals surface area contributed by atoms with E-state index >= 15 is 0 Å². The molecule has 0 aliphatic heterocycles. The van der Waals surface area contributed by atoms with Crippen LogP contribution in [0.15, 0.2) is 53.4 Å². The summed E-state index contributed by atoms with van der Waals surface area (Å²) in [6.07, 6.45) is 1.55. The maximum atomic E-state index is 12.8. The second-order valence-electron chi connectivity index (χ2n) is 5.42. The number of hydrogen-bond acceptors (Lipinski definition) is 4. The lowest BCUT2D eigenvalue weighted by molar-refractivity contribution is -0.129. The predicted molar refractivity (Wildman–Crippen MR) is 96.2 cm³/mol. The molecule has 25 heavy (non-hydrogen) atoms. The molecule has 1 N–H and O–H groups in total. The third-order valence-electron chi connectivity index (χ3n) is 3.61. The zero-order valence-electron chi connectivity index (χ0n) is 14.1. The van der Waals surface area contributed by atoms with Crippen LogP contribution < -0.4 is 5.32 Å². The van der Waals surface area contributed by atoms with E-state index in [1.807, 2.05) is 18.4 Å². The van der Waals surface area contributed by atoms with Gasteiger partial charge in [0.25, 0.3) is 5.91 Å². The largest absolute Gasteiger partial charge is 0.449 e. The van der Waals surface area contributed by atoms with E-state index in [1.165, 1.54) is 30.8 Å².